The molecule has 0 radical (unpaired) electrons. The lowest BCUT2D eigenvalue weighted by Crippen LogP contribution is -2.38. The summed E-state index contributed by atoms with van der Waals surface area (Å²) in [5.41, 5.74) is 11.5. The van der Waals surface area contributed by atoms with Crippen LogP contribution in [0.4, 0.5) is 11.6 Å². The largest absolute Gasteiger partial charge is 0.369 e. The van der Waals surface area contributed by atoms with Crippen LogP contribution in [0.15, 0.2) is 54.1 Å². The fraction of sp³-hybridized carbons (Fsp3) is 0.391. The molecule has 3 aliphatic rings. The van der Waals surface area contributed by atoms with Crippen molar-refractivity contribution >= 4 is 11.6 Å². The Balaban J connectivity index is 1.30. The number of aryl methyl sites for hydroxylation is 2. The van der Waals surface area contributed by atoms with Gasteiger partial charge in [0.25, 0.3) is 0 Å². The Bertz CT molecular complexity index is 940. The van der Waals surface area contributed by atoms with Gasteiger partial charge in [0.1, 0.15) is 0 Å². The Hall–Kier alpha value is -2.82. The molecule has 1 aromatic carbocycles. The first-order valence-electron chi connectivity index (χ1n) is 10.3. The summed E-state index contributed by atoms with van der Waals surface area (Å²) in [5.74, 6) is 1.30. The van der Waals surface area contributed by atoms with Gasteiger partial charge in [0.15, 0.2) is 0 Å². The maximum absolute atomic E-state index is 4.56. The molecule has 5 heteroatoms. The topological polar surface area (TPSA) is 44.3 Å². The zero-order chi connectivity index (χ0) is 19.1. The average molecular weight is 374 g/mol. The van der Waals surface area contributed by atoms with Gasteiger partial charge in [0.2, 0.25) is 5.95 Å². The molecular weight excluding hydrogens is 346 g/mol. The smallest absolute Gasteiger partial charge is 0.248 e. The number of rotatable bonds is 3. The summed E-state index contributed by atoms with van der Waals surface area (Å²) in [6.07, 6.45) is 12.8. The van der Waals surface area contributed by atoms with Gasteiger partial charge in [-0.2, -0.15) is 0 Å². The fourth-order valence-corrected chi connectivity index (χ4v) is 4.47. The van der Waals surface area contributed by atoms with E-state index in [9.17, 15) is 0 Å². The van der Waals surface area contributed by atoms with Crippen molar-refractivity contribution in [3.8, 4) is 0 Å². The second-order valence-electron chi connectivity index (χ2n) is 8.20. The molecule has 3 heterocycles. The number of allylic oxidation sites excluding steroid dienone is 2. The van der Waals surface area contributed by atoms with Gasteiger partial charge in [-0.05, 0) is 67.7 Å². The van der Waals surface area contributed by atoms with Crippen LogP contribution in [-0.4, -0.2) is 23.1 Å². The number of benzene rings is 1. The number of hydrogen-bond donors (Lipinski definition) is 1. The van der Waals surface area contributed by atoms with Crippen LogP contribution in [0.5, 0.6) is 0 Å². The van der Waals surface area contributed by atoms with E-state index < -0.39 is 0 Å². The minimum absolute atomic E-state index is 0.601. The van der Waals surface area contributed by atoms with Gasteiger partial charge in [-0.25, -0.2) is 15.0 Å². The monoisotopic (exact) mass is 373 g/mol. The molecule has 5 rings (SSSR count). The molecule has 0 spiro atoms. The molecule has 0 bridgehead atoms. The molecule has 2 aromatic rings. The zero-order valence-corrected chi connectivity index (χ0v) is 16.7. The first kappa shape index (κ1) is 17.3. The molecule has 1 N–H and O–H groups in total. The predicted molar refractivity (Wildman–Crippen MR) is 113 cm³/mol. The van der Waals surface area contributed by atoms with E-state index in [1.165, 1.54) is 40.7 Å². The minimum atomic E-state index is 0.601. The van der Waals surface area contributed by atoms with E-state index >= 15 is 0 Å². The molecule has 2 aliphatic heterocycles. The van der Waals surface area contributed by atoms with Gasteiger partial charge >= 0.3 is 0 Å². The van der Waals surface area contributed by atoms with Crippen molar-refractivity contribution in [2.45, 2.75) is 45.4 Å². The van der Waals surface area contributed by atoms with Gasteiger partial charge < -0.3 is 4.90 Å². The summed E-state index contributed by atoms with van der Waals surface area (Å²) in [5, 5.41) is 1.94. The van der Waals surface area contributed by atoms with Crippen LogP contribution >= 0.6 is 0 Å². The lowest BCUT2D eigenvalue weighted by molar-refractivity contribution is 0.565. The highest BCUT2D eigenvalue weighted by atomic mass is 15.5. The van der Waals surface area contributed by atoms with E-state index in [-0.39, 0.29) is 0 Å². The third kappa shape index (κ3) is 3.15. The molecule has 0 amide bonds. The first-order chi connectivity index (χ1) is 13.7. The summed E-state index contributed by atoms with van der Waals surface area (Å²) in [4.78, 5) is 11.4. The zero-order valence-electron chi connectivity index (χ0n) is 16.7. The molecule has 1 saturated carbocycles. The molecular formula is C23H27N5. The number of nitrogens with one attached hydrogen (secondary N) is 1. The van der Waals surface area contributed by atoms with E-state index in [2.05, 4.69) is 64.7 Å². The highest BCUT2D eigenvalue weighted by Gasteiger charge is 2.26. The maximum Gasteiger partial charge on any atom is 0.248 e. The molecule has 1 atom stereocenters. The van der Waals surface area contributed by atoms with Crippen LogP contribution in [0.1, 0.15) is 48.3 Å². The summed E-state index contributed by atoms with van der Waals surface area (Å²) >= 11 is 0. The second-order valence-corrected chi connectivity index (χ2v) is 8.20. The molecule has 28 heavy (non-hydrogen) atoms. The van der Waals surface area contributed by atoms with Gasteiger partial charge in [0.05, 0.1) is 18.1 Å². The van der Waals surface area contributed by atoms with Crippen molar-refractivity contribution in [1.82, 2.24) is 15.4 Å². The van der Waals surface area contributed by atoms with Crippen molar-refractivity contribution in [3.05, 3.63) is 70.8 Å². The minimum Gasteiger partial charge on any atom is -0.369 e. The third-order valence-corrected chi connectivity index (χ3v) is 6.23. The van der Waals surface area contributed by atoms with Crippen molar-refractivity contribution in [2.24, 2.45) is 0 Å². The van der Waals surface area contributed by atoms with E-state index in [1.54, 1.807) is 0 Å². The summed E-state index contributed by atoms with van der Waals surface area (Å²) < 4.78 is 0. The Morgan fingerprint density at radius 2 is 1.89 bits per heavy atom. The van der Waals surface area contributed by atoms with Gasteiger partial charge in [-0.15, -0.1) is 0 Å². The molecule has 1 aliphatic carbocycles. The van der Waals surface area contributed by atoms with Crippen molar-refractivity contribution in [1.29, 1.82) is 0 Å². The van der Waals surface area contributed by atoms with Gasteiger partial charge in [-0.1, -0.05) is 23.8 Å². The van der Waals surface area contributed by atoms with Crippen LogP contribution in [0.2, 0.25) is 0 Å². The van der Waals surface area contributed by atoms with E-state index in [0.29, 0.717) is 11.9 Å². The second kappa shape index (κ2) is 6.97. The molecule has 2 fully saturated rings. The Labute approximate surface area is 166 Å². The standard InChI is InChI=1S/C23H27N5/c1-16-4-7-22(17(2)10-16)18-5-6-19-15-28(26-12-20(19)11-18)23-24-13-21(14-25-23)27-8-3-9-27/h4,7,10,12-15,18,26H,3,5-6,8-9,11H2,1-2H3. The predicted octanol–water partition coefficient (Wildman–Crippen LogP) is 4.36. The summed E-state index contributed by atoms with van der Waals surface area (Å²) in [6, 6.07) is 6.86. The lowest BCUT2D eigenvalue weighted by atomic mass is 9.77. The Morgan fingerprint density at radius 1 is 1.07 bits per heavy atom. The van der Waals surface area contributed by atoms with Crippen LogP contribution in [0.25, 0.3) is 0 Å². The summed E-state index contributed by atoms with van der Waals surface area (Å²) in [6.45, 7) is 6.63. The van der Waals surface area contributed by atoms with E-state index in [1.807, 2.05) is 17.4 Å². The number of aromatic nitrogens is 2. The number of nitrogens with zero attached hydrogens (tertiary/aromatic N) is 4. The van der Waals surface area contributed by atoms with E-state index in [4.69, 9.17) is 0 Å². The molecule has 1 saturated heterocycles. The number of fused-ring (bicyclic) bond motifs is 1. The summed E-state index contributed by atoms with van der Waals surface area (Å²) in [7, 11) is 0. The number of anilines is 2. The van der Waals surface area contributed by atoms with Crippen molar-refractivity contribution in [2.75, 3.05) is 23.0 Å². The normalized spacial score (nSPS) is 21.3. The fourth-order valence-electron chi connectivity index (χ4n) is 4.47. The Kier molecular flexibility index (Phi) is 4.30. The number of hydrogen-bond acceptors (Lipinski definition) is 5. The van der Waals surface area contributed by atoms with Crippen LogP contribution in [0.3, 0.4) is 0 Å². The lowest BCUT2D eigenvalue weighted by Gasteiger charge is -2.34. The first-order valence-corrected chi connectivity index (χ1v) is 10.3. The average Bonchev–Trinajstić information content (AvgIpc) is 2.66. The van der Waals surface area contributed by atoms with Crippen molar-refractivity contribution in [3.63, 3.8) is 0 Å². The highest BCUT2D eigenvalue weighted by Crippen LogP contribution is 2.41. The van der Waals surface area contributed by atoms with E-state index in [0.717, 1.165) is 31.6 Å². The Morgan fingerprint density at radius 3 is 2.61 bits per heavy atom. The molecule has 1 unspecified atom stereocenters. The van der Waals surface area contributed by atoms with Crippen LogP contribution in [-0.2, 0) is 0 Å². The third-order valence-electron chi connectivity index (χ3n) is 6.23. The highest BCUT2D eigenvalue weighted by molar-refractivity contribution is 5.50. The molecule has 5 nitrogen and oxygen atoms in total. The number of hydrazine groups is 1. The van der Waals surface area contributed by atoms with Gasteiger partial charge in [-0.3, -0.25) is 5.43 Å². The van der Waals surface area contributed by atoms with Crippen molar-refractivity contribution < 1.29 is 0 Å². The molecule has 1 aromatic heterocycles. The van der Waals surface area contributed by atoms with Crippen LogP contribution < -0.4 is 15.3 Å². The van der Waals surface area contributed by atoms with Gasteiger partial charge in [0, 0.05) is 25.5 Å². The maximum atomic E-state index is 4.56. The molecule has 144 valence electrons. The quantitative estimate of drug-likeness (QED) is 0.866. The SMILES string of the molecule is Cc1ccc(C2CCC3=CN(c4ncc(N5CCC5)cn4)NC=C3C2)c(C)c1. The van der Waals surface area contributed by atoms with Crippen LogP contribution in [0, 0.1) is 13.8 Å².